The van der Waals surface area contributed by atoms with E-state index in [2.05, 4.69) is 4.74 Å². The van der Waals surface area contributed by atoms with Crippen LogP contribution in [0.25, 0.3) is 6.08 Å². The van der Waals surface area contributed by atoms with Crippen LogP contribution in [0, 0.1) is 0 Å². The van der Waals surface area contributed by atoms with Gasteiger partial charge in [0.15, 0.2) is 11.5 Å². The van der Waals surface area contributed by atoms with Crippen molar-refractivity contribution >= 4 is 46.6 Å². The first-order valence-electron chi connectivity index (χ1n) is 7.83. The van der Waals surface area contributed by atoms with Crippen molar-refractivity contribution < 1.29 is 33.4 Å². The number of ether oxygens (including phenoxy) is 2. The molecule has 1 N–H and O–H groups in total. The minimum atomic E-state index is -0.661. The van der Waals surface area contributed by atoms with Crippen LogP contribution in [-0.2, 0) is 16.1 Å². The molecule has 0 radical (unpaired) electrons. The highest BCUT2D eigenvalue weighted by Crippen LogP contribution is 2.38. The van der Waals surface area contributed by atoms with Crippen molar-refractivity contribution in [2.24, 2.45) is 0 Å². The molecule has 2 amide bonds. The predicted molar refractivity (Wildman–Crippen MR) is 101 cm³/mol. The number of nitrogens with zero attached hydrogens (tertiary/aromatic N) is 1. The van der Waals surface area contributed by atoms with Gasteiger partial charge < -0.3 is 19.0 Å². The van der Waals surface area contributed by atoms with Crippen LogP contribution in [0.4, 0.5) is 4.79 Å². The predicted octanol–water partition coefficient (Wildman–Crippen LogP) is 3.67. The molecule has 1 aliphatic rings. The molecule has 146 valence electrons. The third-order valence-corrected chi connectivity index (χ3v) is 4.94. The number of halogens is 1. The van der Waals surface area contributed by atoms with E-state index in [1.54, 1.807) is 0 Å². The molecule has 0 bridgehead atoms. The summed E-state index contributed by atoms with van der Waals surface area (Å²) in [7, 11) is 2.58. The number of imide groups is 1. The van der Waals surface area contributed by atoms with Crippen LogP contribution in [0.2, 0.25) is 5.02 Å². The standard InChI is InChI=1S/C18H14ClNO7S/c1-25-13-7-10(19)5-9(15(13)21)6-14-16(22)20(18(24)28-14)8-11-3-4-12(27-11)17(23)26-2/h3-7,21H,8H2,1-2H3. The molecule has 2 heterocycles. The first-order chi connectivity index (χ1) is 13.3. The highest BCUT2D eigenvalue weighted by Gasteiger charge is 2.36. The summed E-state index contributed by atoms with van der Waals surface area (Å²) in [5, 5.41) is 9.98. The number of carbonyl (C=O) groups is 3. The molecular weight excluding hydrogens is 410 g/mol. The summed E-state index contributed by atoms with van der Waals surface area (Å²) < 4.78 is 14.9. The number of hydrogen-bond acceptors (Lipinski definition) is 8. The lowest BCUT2D eigenvalue weighted by atomic mass is 10.1. The van der Waals surface area contributed by atoms with E-state index in [0.29, 0.717) is 16.8 Å². The van der Waals surface area contributed by atoms with Crippen molar-refractivity contribution in [3.05, 3.63) is 51.3 Å². The Hall–Kier alpha value is -2.91. The van der Waals surface area contributed by atoms with Gasteiger partial charge >= 0.3 is 5.97 Å². The second-order valence-electron chi connectivity index (χ2n) is 5.57. The Morgan fingerprint density at radius 1 is 1.32 bits per heavy atom. The van der Waals surface area contributed by atoms with Gasteiger partial charge in [-0.3, -0.25) is 14.5 Å². The van der Waals surface area contributed by atoms with Gasteiger partial charge in [-0.15, -0.1) is 0 Å². The van der Waals surface area contributed by atoms with Crippen LogP contribution in [-0.4, -0.2) is 41.3 Å². The normalized spacial score (nSPS) is 15.4. The fourth-order valence-electron chi connectivity index (χ4n) is 2.47. The number of benzene rings is 1. The molecule has 10 heteroatoms. The van der Waals surface area contributed by atoms with Crippen molar-refractivity contribution in [1.82, 2.24) is 4.90 Å². The van der Waals surface area contributed by atoms with E-state index in [1.807, 2.05) is 0 Å². The minimum absolute atomic E-state index is 0.0315. The summed E-state index contributed by atoms with van der Waals surface area (Å²) in [4.78, 5) is 37.4. The van der Waals surface area contributed by atoms with Crippen LogP contribution in [0.1, 0.15) is 21.9 Å². The topological polar surface area (TPSA) is 106 Å². The highest BCUT2D eigenvalue weighted by molar-refractivity contribution is 8.18. The quantitative estimate of drug-likeness (QED) is 0.573. The Morgan fingerprint density at radius 3 is 2.75 bits per heavy atom. The molecule has 8 nitrogen and oxygen atoms in total. The van der Waals surface area contributed by atoms with E-state index in [4.69, 9.17) is 20.8 Å². The summed E-state index contributed by atoms with van der Waals surface area (Å²) in [6.07, 6.45) is 1.36. The fourth-order valence-corrected chi connectivity index (χ4v) is 3.51. The van der Waals surface area contributed by atoms with Gasteiger partial charge in [0.05, 0.1) is 25.7 Å². The van der Waals surface area contributed by atoms with Crippen LogP contribution in [0.15, 0.2) is 33.6 Å². The maximum absolute atomic E-state index is 12.6. The number of rotatable bonds is 5. The van der Waals surface area contributed by atoms with Gasteiger partial charge in [0.25, 0.3) is 11.1 Å². The Morgan fingerprint density at radius 2 is 2.07 bits per heavy atom. The summed E-state index contributed by atoms with van der Waals surface area (Å²) in [6.45, 7) is -0.149. The largest absolute Gasteiger partial charge is 0.504 e. The first kappa shape index (κ1) is 19.8. The molecule has 28 heavy (non-hydrogen) atoms. The SMILES string of the molecule is COC(=O)c1ccc(CN2C(=O)SC(=Cc3cc(Cl)cc(OC)c3O)C2=O)o1. The van der Waals surface area contributed by atoms with Crippen LogP contribution < -0.4 is 4.74 Å². The number of thioether (sulfide) groups is 1. The van der Waals surface area contributed by atoms with Gasteiger partial charge in [-0.2, -0.15) is 0 Å². The molecule has 0 saturated carbocycles. The van der Waals surface area contributed by atoms with Gasteiger partial charge in [0, 0.05) is 16.7 Å². The molecule has 0 spiro atoms. The van der Waals surface area contributed by atoms with E-state index in [-0.39, 0.29) is 40.0 Å². The number of aromatic hydroxyl groups is 1. The van der Waals surface area contributed by atoms with Gasteiger partial charge in [0.1, 0.15) is 5.76 Å². The third kappa shape index (κ3) is 3.85. The molecule has 2 aromatic rings. The molecule has 1 aromatic carbocycles. The molecule has 0 atom stereocenters. The average molecular weight is 424 g/mol. The van der Waals surface area contributed by atoms with Gasteiger partial charge in [-0.25, -0.2) is 4.79 Å². The Labute approximate surface area is 168 Å². The summed E-state index contributed by atoms with van der Waals surface area (Å²) in [6, 6.07) is 5.75. The molecule has 1 aliphatic heterocycles. The Kier molecular flexibility index (Phi) is 5.66. The van der Waals surface area contributed by atoms with Crippen molar-refractivity contribution in [2.75, 3.05) is 14.2 Å². The number of furan rings is 1. The number of phenolic OH excluding ortho intramolecular Hbond substituents is 1. The van der Waals surface area contributed by atoms with E-state index in [0.717, 1.165) is 4.90 Å². The maximum Gasteiger partial charge on any atom is 0.373 e. The number of amides is 2. The lowest BCUT2D eigenvalue weighted by Crippen LogP contribution is -2.27. The minimum Gasteiger partial charge on any atom is -0.504 e. The van der Waals surface area contributed by atoms with Crippen LogP contribution in [0.5, 0.6) is 11.5 Å². The molecule has 1 saturated heterocycles. The zero-order chi connectivity index (χ0) is 20.4. The molecule has 0 aliphatic carbocycles. The van der Waals surface area contributed by atoms with Crippen molar-refractivity contribution in [3.8, 4) is 11.5 Å². The fraction of sp³-hybridized carbons (Fsp3) is 0.167. The monoisotopic (exact) mass is 423 g/mol. The molecule has 1 aromatic heterocycles. The zero-order valence-corrected chi connectivity index (χ0v) is 16.3. The van der Waals surface area contributed by atoms with Crippen LogP contribution in [0.3, 0.4) is 0 Å². The van der Waals surface area contributed by atoms with Crippen molar-refractivity contribution in [3.63, 3.8) is 0 Å². The van der Waals surface area contributed by atoms with Crippen molar-refractivity contribution in [2.45, 2.75) is 6.54 Å². The summed E-state index contributed by atoms with van der Waals surface area (Å²) in [5.74, 6) is -1.07. The van der Waals surface area contributed by atoms with Gasteiger partial charge in [0.2, 0.25) is 5.76 Å². The van der Waals surface area contributed by atoms with Gasteiger partial charge in [-0.05, 0) is 36.0 Å². The average Bonchev–Trinajstić information content (AvgIpc) is 3.24. The van der Waals surface area contributed by atoms with E-state index in [1.165, 1.54) is 44.6 Å². The number of esters is 1. The van der Waals surface area contributed by atoms with E-state index < -0.39 is 17.1 Å². The van der Waals surface area contributed by atoms with Crippen LogP contribution >= 0.6 is 23.4 Å². The van der Waals surface area contributed by atoms with Crippen molar-refractivity contribution in [1.29, 1.82) is 0 Å². The maximum atomic E-state index is 12.6. The molecule has 3 rings (SSSR count). The number of carbonyl (C=O) groups excluding carboxylic acids is 3. The number of hydrogen-bond donors (Lipinski definition) is 1. The second kappa shape index (κ2) is 7.99. The number of phenols is 1. The lowest BCUT2D eigenvalue weighted by molar-refractivity contribution is -0.123. The number of methoxy groups -OCH3 is 2. The molecule has 1 fully saturated rings. The Balaban J connectivity index is 1.84. The smallest absolute Gasteiger partial charge is 0.373 e. The summed E-state index contributed by atoms with van der Waals surface area (Å²) >= 11 is 6.70. The Bertz CT molecular complexity index is 998. The lowest BCUT2D eigenvalue weighted by Gasteiger charge is -2.10. The zero-order valence-electron chi connectivity index (χ0n) is 14.7. The third-order valence-electron chi connectivity index (χ3n) is 3.81. The summed E-state index contributed by atoms with van der Waals surface area (Å²) in [5.41, 5.74) is 0.237. The van der Waals surface area contributed by atoms with E-state index >= 15 is 0 Å². The van der Waals surface area contributed by atoms with E-state index in [9.17, 15) is 19.5 Å². The van der Waals surface area contributed by atoms with Gasteiger partial charge in [-0.1, -0.05) is 11.6 Å². The first-order valence-corrected chi connectivity index (χ1v) is 9.02. The highest BCUT2D eigenvalue weighted by atomic mass is 35.5. The second-order valence-corrected chi connectivity index (χ2v) is 7.00. The molecule has 0 unspecified atom stereocenters. The molecular formula is C18H14ClNO7S.